The lowest BCUT2D eigenvalue weighted by Gasteiger charge is -2.27. The van der Waals surface area contributed by atoms with Crippen LogP contribution in [0.5, 0.6) is 5.75 Å². The predicted octanol–water partition coefficient (Wildman–Crippen LogP) is 9.76. The molecule has 252 valence electrons. The van der Waals surface area contributed by atoms with E-state index in [1.54, 1.807) is 37.4 Å². The molecule has 4 aromatic rings. The Morgan fingerprint density at radius 1 is 0.771 bits per heavy atom. The van der Waals surface area contributed by atoms with E-state index in [1.807, 2.05) is 6.07 Å². The number of methoxy groups -OCH3 is 1. The molecule has 2 aliphatic rings. The lowest BCUT2D eigenvalue weighted by molar-refractivity contribution is -0.143. The van der Waals surface area contributed by atoms with Gasteiger partial charge in [-0.2, -0.15) is 39.5 Å². The minimum Gasteiger partial charge on any atom is -0.496 e. The van der Waals surface area contributed by atoms with Crippen LogP contribution in [0.3, 0.4) is 0 Å². The van der Waals surface area contributed by atoms with Crippen molar-refractivity contribution in [3.8, 4) is 28.0 Å². The molecule has 1 aromatic heterocycles. The van der Waals surface area contributed by atoms with Crippen molar-refractivity contribution < 1.29 is 49.0 Å². The molecule has 0 spiro atoms. The number of halogens is 9. The fourth-order valence-electron chi connectivity index (χ4n) is 6.67. The molecule has 14 heteroatoms. The van der Waals surface area contributed by atoms with E-state index in [1.165, 1.54) is 18.1 Å². The number of aromatic nitrogens is 1. The lowest BCUT2D eigenvalue weighted by Crippen LogP contribution is -2.32. The van der Waals surface area contributed by atoms with Gasteiger partial charge < -0.3 is 15.0 Å². The lowest BCUT2D eigenvalue weighted by atomic mass is 9.89. The van der Waals surface area contributed by atoms with Gasteiger partial charge in [-0.1, -0.05) is 18.2 Å². The number of amides is 2. The number of carbonyl (C=O) groups excluding carboxylic acids is 1. The Bertz CT molecular complexity index is 1850. The van der Waals surface area contributed by atoms with Gasteiger partial charge in [-0.3, -0.25) is 4.98 Å². The Labute approximate surface area is 268 Å². The van der Waals surface area contributed by atoms with E-state index < -0.39 is 64.9 Å². The average Bonchev–Trinajstić information content (AvgIpc) is 3.60. The number of benzene rings is 3. The summed E-state index contributed by atoms with van der Waals surface area (Å²) in [6.45, 7) is 1.80. The maximum absolute atomic E-state index is 14.1. The molecule has 3 atom stereocenters. The number of hydrogen-bond acceptors (Lipinski definition) is 3. The molecular formula is C34H26F9N3O2. The van der Waals surface area contributed by atoms with Crippen LogP contribution in [0.15, 0.2) is 72.9 Å². The standard InChI is InChI=1S/C34H26F9N3O2/c1-17-23(4-3-11-44-17)18-5-10-29(48-2)26(14-18)24-7-6-20(32(35,36)37)16-25(24)27-8-9-28-30(45-31(47)46(27)28)19-12-21(33(38,39)40)15-22(13-19)34(41,42)43/h3-7,10-16,27-28,30H,8-9H2,1-2H3,(H,45,47)/t27-,28-,30+/m0/s1. The molecule has 6 rings (SSSR count). The Hall–Kier alpha value is -4.75. The van der Waals surface area contributed by atoms with Crippen LogP contribution < -0.4 is 10.1 Å². The van der Waals surface area contributed by atoms with Crippen molar-refractivity contribution in [1.29, 1.82) is 0 Å². The molecule has 1 N–H and O–H groups in total. The molecule has 2 saturated heterocycles. The van der Waals surface area contributed by atoms with Crippen molar-refractivity contribution in [2.45, 2.75) is 56.4 Å². The number of nitrogens with one attached hydrogen (secondary N) is 1. The fraction of sp³-hybridized carbons (Fsp3) is 0.294. The average molecular weight is 680 g/mol. The van der Waals surface area contributed by atoms with E-state index >= 15 is 0 Å². The fourth-order valence-corrected chi connectivity index (χ4v) is 6.67. The summed E-state index contributed by atoms with van der Waals surface area (Å²) in [5.74, 6) is 0.322. The van der Waals surface area contributed by atoms with Gasteiger partial charge in [-0.25, -0.2) is 4.79 Å². The molecule has 0 aliphatic carbocycles. The number of nitrogens with zero attached hydrogens (tertiary/aromatic N) is 2. The van der Waals surface area contributed by atoms with Gasteiger partial charge in [0.25, 0.3) is 0 Å². The highest BCUT2D eigenvalue weighted by Gasteiger charge is 2.50. The number of alkyl halides is 9. The second-order valence-electron chi connectivity index (χ2n) is 11.7. The number of pyridine rings is 1. The summed E-state index contributed by atoms with van der Waals surface area (Å²) in [6.07, 6.45) is -13.2. The van der Waals surface area contributed by atoms with Gasteiger partial charge in [0.05, 0.1) is 41.9 Å². The van der Waals surface area contributed by atoms with Crippen molar-refractivity contribution in [3.05, 3.63) is 106 Å². The third kappa shape index (κ3) is 6.03. The van der Waals surface area contributed by atoms with Crippen molar-refractivity contribution >= 4 is 6.03 Å². The summed E-state index contributed by atoms with van der Waals surface area (Å²) in [4.78, 5) is 19.0. The molecule has 0 saturated carbocycles. The largest absolute Gasteiger partial charge is 0.496 e. The van der Waals surface area contributed by atoms with Crippen molar-refractivity contribution in [3.63, 3.8) is 0 Å². The van der Waals surface area contributed by atoms with Crippen molar-refractivity contribution in [1.82, 2.24) is 15.2 Å². The molecule has 2 fully saturated rings. The highest BCUT2D eigenvalue weighted by atomic mass is 19.4. The maximum Gasteiger partial charge on any atom is 0.416 e. The molecule has 0 unspecified atom stereocenters. The van der Waals surface area contributed by atoms with Crippen LogP contribution in [0.25, 0.3) is 22.3 Å². The summed E-state index contributed by atoms with van der Waals surface area (Å²) in [5.41, 5.74) is -1.51. The normalized spacial score (nSPS) is 19.8. The van der Waals surface area contributed by atoms with E-state index in [0.29, 0.717) is 40.3 Å². The predicted molar refractivity (Wildman–Crippen MR) is 157 cm³/mol. The first-order chi connectivity index (χ1) is 22.5. The van der Waals surface area contributed by atoms with E-state index in [0.717, 1.165) is 17.7 Å². The van der Waals surface area contributed by atoms with Crippen LogP contribution in [0.1, 0.15) is 58.4 Å². The second kappa shape index (κ2) is 11.7. The number of urea groups is 1. The second-order valence-corrected chi connectivity index (χ2v) is 11.7. The Balaban J connectivity index is 1.47. The van der Waals surface area contributed by atoms with Crippen LogP contribution in [-0.2, 0) is 18.5 Å². The molecular weight excluding hydrogens is 653 g/mol. The molecule has 48 heavy (non-hydrogen) atoms. The van der Waals surface area contributed by atoms with Gasteiger partial charge in [0.15, 0.2) is 0 Å². The van der Waals surface area contributed by atoms with Gasteiger partial charge in [-0.05, 0) is 90.6 Å². The zero-order valence-electron chi connectivity index (χ0n) is 25.2. The van der Waals surface area contributed by atoms with Gasteiger partial charge in [0.1, 0.15) is 5.75 Å². The maximum atomic E-state index is 14.1. The number of rotatable bonds is 5. The monoisotopic (exact) mass is 679 g/mol. The molecule has 2 aliphatic heterocycles. The van der Waals surface area contributed by atoms with Crippen LogP contribution in [0, 0.1) is 6.92 Å². The Kier molecular flexibility index (Phi) is 8.11. The Morgan fingerprint density at radius 3 is 2.04 bits per heavy atom. The van der Waals surface area contributed by atoms with Crippen molar-refractivity contribution in [2.24, 2.45) is 0 Å². The summed E-state index contributed by atoms with van der Waals surface area (Å²) in [7, 11) is 1.39. The quantitative estimate of drug-likeness (QED) is 0.214. The van der Waals surface area contributed by atoms with E-state index in [9.17, 15) is 44.3 Å². The first-order valence-corrected chi connectivity index (χ1v) is 14.7. The van der Waals surface area contributed by atoms with Crippen LogP contribution in [-0.4, -0.2) is 29.1 Å². The zero-order chi connectivity index (χ0) is 34.8. The number of fused-ring (bicyclic) bond motifs is 1. The third-order valence-corrected chi connectivity index (χ3v) is 8.84. The molecule has 3 aromatic carbocycles. The SMILES string of the molecule is COc1ccc(-c2cccnc2C)cc1-c1ccc(C(F)(F)F)cc1[C@@H]1CC[C@H]2[C@@H](c3cc(C(F)(F)F)cc(C(F)(F)F)c3)NC(=O)N12. The van der Waals surface area contributed by atoms with Crippen LogP contribution in [0.4, 0.5) is 44.3 Å². The van der Waals surface area contributed by atoms with E-state index in [-0.39, 0.29) is 24.5 Å². The van der Waals surface area contributed by atoms with Gasteiger partial charge >= 0.3 is 24.6 Å². The molecule has 0 bridgehead atoms. The number of carbonyl (C=O) groups is 1. The smallest absolute Gasteiger partial charge is 0.416 e. The highest BCUT2D eigenvalue weighted by Crippen LogP contribution is 2.50. The molecule has 0 radical (unpaired) electrons. The molecule has 3 heterocycles. The van der Waals surface area contributed by atoms with E-state index in [4.69, 9.17) is 4.74 Å². The van der Waals surface area contributed by atoms with Gasteiger partial charge in [0, 0.05) is 23.0 Å². The van der Waals surface area contributed by atoms with Crippen molar-refractivity contribution in [2.75, 3.05) is 7.11 Å². The molecule has 5 nitrogen and oxygen atoms in total. The highest BCUT2D eigenvalue weighted by molar-refractivity contribution is 5.83. The first-order valence-electron chi connectivity index (χ1n) is 14.7. The summed E-state index contributed by atoms with van der Waals surface area (Å²) in [6, 6.07) is 8.88. The molecule has 2 amide bonds. The number of aryl methyl sites for hydroxylation is 1. The van der Waals surface area contributed by atoms with Gasteiger partial charge in [0.2, 0.25) is 0 Å². The zero-order valence-corrected chi connectivity index (χ0v) is 25.2. The first kappa shape index (κ1) is 33.2. The Morgan fingerprint density at radius 2 is 1.44 bits per heavy atom. The minimum atomic E-state index is -5.11. The number of hydrogen-bond donors (Lipinski definition) is 1. The van der Waals surface area contributed by atoms with Crippen LogP contribution in [0.2, 0.25) is 0 Å². The summed E-state index contributed by atoms with van der Waals surface area (Å²) < 4.78 is 130. The van der Waals surface area contributed by atoms with Gasteiger partial charge in [-0.15, -0.1) is 0 Å². The van der Waals surface area contributed by atoms with Crippen LogP contribution >= 0.6 is 0 Å². The minimum absolute atomic E-state index is 0.00108. The topological polar surface area (TPSA) is 54.5 Å². The summed E-state index contributed by atoms with van der Waals surface area (Å²) in [5, 5.41) is 2.49. The number of ether oxygens (including phenoxy) is 1. The summed E-state index contributed by atoms with van der Waals surface area (Å²) >= 11 is 0. The third-order valence-electron chi connectivity index (χ3n) is 8.84. The van der Waals surface area contributed by atoms with E-state index in [2.05, 4.69) is 10.3 Å².